The molecular weight excluding hydrogens is 142 g/mol. The molecule has 5 heteroatoms. The van der Waals surface area contributed by atoms with Gasteiger partial charge >= 0.3 is 10.1 Å². The molecule has 0 amide bonds. The van der Waals surface area contributed by atoms with Crippen molar-refractivity contribution in [3.05, 3.63) is 0 Å². The van der Waals surface area contributed by atoms with E-state index < -0.39 is 10.1 Å². The molecule has 0 saturated heterocycles. The smallest absolute Gasteiger partial charge is 0.195 e. The summed E-state index contributed by atoms with van der Waals surface area (Å²) in [6.07, 6.45) is 1.02. The number of hydrogen-bond acceptors (Lipinski definition) is 3. The first-order valence-electron chi connectivity index (χ1n) is 2.43. The van der Waals surface area contributed by atoms with E-state index in [0.29, 0.717) is 0 Å². The first-order valence-corrected chi connectivity index (χ1v) is 4.25. The van der Waals surface area contributed by atoms with Gasteiger partial charge in [-0.05, 0) is 0 Å². The Kier molecular flexibility index (Phi) is 2.21. The zero-order chi connectivity index (χ0) is 7.71. The minimum absolute atomic E-state index is 0.0289. The van der Waals surface area contributed by atoms with Crippen LogP contribution in [-0.2, 0) is 14.4 Å². The van der Waals surface area contributed by atoms with Gasteiger partial charge in [0.1, 0.15) is 0 Å². The van der Waals surface area contributed by atoms with Crippen molar-refractivity contribution in [3.8, 4) is 0 Å². The number of hydrogen-bond donors (Lipinski definition) is 0. The van der Waals surface area contributed by atoms with Crippen molar-refractivity contribution in [2.75, 3.05) is 27.4 Å². The molecule has 9 heavy (non-hydrogen) atoms. The lowest BCUT2D eigenvalue weighted by atomic mass is 11.0. The molecule has 0 radical (unpaired) electrons. The third-order valence-electron chi connectivity index (χ3n) is 0.359. The molecule has 0 unspecified atom stereocenters. The van der Waals surface area contributed by atoms with E-state index in [1.165, 1.54) is 0 Å². The van der Waals surface area contributed by atoms with Crippen molar-refractivity contribution in [1.82, 2.24) is 0 Å². The van der Waals surface area contributed by atoms with Crippen molar-refractivity contribution >= 4 is 10.1 Å². The molecule has 0 bridgehead atoms. The highest BCUT2D eigenvalue weighted by molar-refractivity contribution is 7.85. The van der Waals surface area contributed by atoms with Crippen molar-refractivity contribution in [2.24, 2.45) is 0 Å². The first-order chi connectivity index (χ1) is 3.71. The number of nitrogens with zero attached hydrogens (tertiary/aromatic N) is 1. The predicted molar refractivity (Wildman–Crippen MR) is 34.0 cm³/mol. The van der Waals surface area contributed by atoms with Crippen LogP contribution in [0, 0.1) is 0 Å². The highest BCUT2D eigenvalue weighted by atomic mass is 32.2. The Morgan fingerprint density at radius 2 is 1.56 bits per heavy atom. The lowest BCUT2D eigenvalue weighted by molar-refractivity contribution is -1.03. The quantitative estimate of drug-likeness (QED) is 0.401. The molecule has 0 heterocycles. The molecule has 0 aromatic carbocycles. The largest absolute Gasteiger partial charge is 0.311 e. The summed E-state index contributed by atoms with van der Waals surface area (Å²) in [5.74, 6) is 0. The number of hydroxylamine groups is 3. The van der Waals surface area contributed by atoms with Crippen LogP contribution in [0.25, 0.3) is 0 Å². The van der Waals surface area contributed by atoms with E-state index in [4.69, 9.17) is 0 Å². The summed E-state index contributed by atoms with van der Waals surface area (Å²) < 4.78 is 25.3. The maximum atomic E-state index is 10.4. The molecule has 0 aliphatic heterocycles. The average molecular weight is 154 g/mol. The highest BCUT2D eigenvalue weighted by Gasteiger charge is 2.16. The maximum absolute atomic E-state index is 10.4. The molecule has 0 N–H and O–H groups in total. The molecule has 56 valence electrons. The van der Waals surface area contributed by atoms with Crippen LogP contribution >= 0.6 is 0 Å². The Balaban J connectivity index is 4.07. The third kappa shape index (κ3) is 7.87. The summed E-state index contributed by atoms with van der Waals surface area (Å²) >= 11 is 0. The van der Waals surface area contributed by atoms with Crippen LogP contribution in [-0.4, -0.2) is 40.5 Å². The van der Waals surface area contributed by atoms with E-state index in [9.17, 15) is 8.42 Å². The van der Waals surface area contributed by atoms with Crippen LogP contribution < -0.4 is 0 Å². The molecule has 0 rings (SSSR count). The summed E-state index contributed by atoms with van der Waals surface area (Å²) in [6, 6.07) is 0. The fraction of sp³-hybridized carbons (Fsp3) is 1.00. The molecular formula is C4H12NO3S+. The van der Waals surface area contributed by atoms with Crippen LogP contribution in [0.4, 0.5) is 0 Å². The lowest BCUT2D eigenvalue weighted by Gasteiger charge is -2.17. The van der Waals surface area contributed by atoms with E-state index in [-0.39, 0.29) is 4.65 Å². The Hall–Kier alpha value is -0.130. The molecule has 0 aliphatic carbocycles. The summed E-state index contributed by atoms with van der Waals surface area (Å²) in [6.45, 7) is 0. The van der Waals surface area contributed by atoms with Gasteiger partial charge in [-0.3, -0.25) is 0 Å². The van der Waals surface area contributed by atoms with Crippen LogP contribution in [0.15, 0.2) is 0 Å². The van der Waals surface area contributed by atoms with Gasteiger partial charge in [0.05, 0.1) is 27.4 Å². The Bertz CT molecular complexity index is 176. The van der Waals surface area contributed by atoms with Gasteiger partial charge in [-0.25, -0.2) is 0 Å². The van der Waals surface area contributed by atoms with Gasteiger partial charge < -0.3 is 0 Å². The highest BCUT2D eigenvalue weighted by Crippen LogP contribution is 1.97. The Morgan fingerprint density at radius 3 is 1.56 bits per heavy atom. The van der Waals surface area contributed by atoms with Crippen LogP contribution in [0.2, 0.25) is 0 Å². The van der Waals surface area contributed by atoms with E-state index in [1.54, 1.807) is 21.1 Å². The Labute approximate surface area is 55.7 Å². The zero-order valence-electron chi connectivity index (χ0n) is 6.08. The van der Waals surface area contributed by atoms with Gasteiger partial charge in [0.25, 0.3) is 0 Å². The van der Waals surface area contributed by atoms with Gasteiger partial charge in [0.15, 0.2) is 0 Å². The van der Waals surface area contributed by atoms with Crippen molar-refractivity contribution in [2.45, 2.75) is 0 Å². The fourth-order valence-electron chi connectivity index (χ4n) is 0.406. The second-order valence-corrected chi connectivity index (χ2v) is 4.23. The van der Waals surface area contributed by atoms with Crippen LogP contribution in [0.1, 0.15) is 0 Å². The van der Waals surface area contributed by atoms with E-state index in [0.717, 1.165) is 6.26 Å². The SMILES string of the molecule is C[N+](C)(C)OS(C)(=O)=O. The van der Waals surface area contributed by atoms with Crippen molar-refractivity contribution in [1.29, 1.82) is 0 Å². The standard InChI is InChI=1S/C4H12NO3S/c1-5(2,3)8-9(4,6)7/h1-4H3/q+1. The van der Waals surface area contributed by atoms with E-state index >= 15 is 0 Å². The van der Waals surface area contributed by atoms with Gasteiger partial charge in [-0.2, -0.15) is 13.1 Å². The lowest BCUT2D eigenvalue weighted by Crippen LogP contribution is -2.36. The topological polar surface area (TPSA) is 43.4 Å². The maximum Gasteiger partial charge on any atom is 0.311 e. The van der Waals surface area contributed by atoms with E-state index in [2.05, 4.69) is 4.28 Å². The molecule has 0 atom stereocenters. The normalized spacial score (nSPS) is 13.8. The third-order valence-corrected chi connectivity index (χ3v) is 1.08. The zero-order valence-corrected chi connectivity index (χ0v) is 6.90. The summed E-state index contributed by atoms with van der Waals surface area (Å²) in [7, 11) is 1.57. The van der Waals surface area contributed by atoms with E-state index in [1.807, 2.05) is 0 Å². The van der Waals surface area contributed by atoms with Gasteiger partial charge in [-0.1, -0.05) is 4.28 Å². The van der Waals surface area contributed by atoms with Gasteiger partial charge in [0.2, 0.25) is 0 Å². The molecule has 0 aliphatic rings. The molecule has 0 spiro atoms. The van der Waals surface area contributed by atoms with Gasteiger partial charge in [0, 0.05) is 0 Å². The molecule has 0 aromatic heterocycles. The molecule has 0 saturated carbocycles. The fourth-order valence-corrected chi connectivity index (χ4v) is 1.22. The molecule has 0 fully saturated rings. The van der Waals surface area contributed by atoms with Crippen molar-refractivity contribution < 1.29 is 17.3 Å². The summed E-state index contributed by atoms with van der Waals surface area (Å²) in [5, 5.41) is 0. The summed E-state index contributed by atoms with van der Waals surface area (Å²) in [4.78, 5) is 0. The first kappa shape index (κ1) is 8.87. The van der Waals surface area contributed by atoms with Crippen LogP contribution in [0.5, 0.6) is 0 Å². The minimum Gasteiger partial charge on any atom is -0.195 e. The van der Waals surface area contributed by atoms with Gasteiger partial charge in [-0.15, -0.1) is 0 Å². The second kappa shape index (κ2) is 2.24. The predicted octanol–water partition coefficient (Wildman–Crippen LogP) is -0.416. The second-order valence-electron chi connectivity index (χ2n) is 2.67. The average Bonchev–Trinajstić information content (AvgIpc) is 1.14. The number of rotatable bonds is 2. The van der Waals surface area contributed by atoms with Crippen molar-refractivity contribution in [3.63, 3.8) is 0 Å². The molecule has 0 aromatic rings. The summed E-state index contributed by atoms with van der Waals surface area (Å²) in [5.41, 5.74) is 0. The number of quaternary nitrogens is 1. The molecule has 4 nitrogen and oxygen atoms in total. The Morgan fingerprint density at radius 1 is 1.22 bits per heavy atom. The minimum atomic E-state index is -3.31. The van der Waals surface area contributed by atoms with Crippen LogP contribution in [0.3, 0.4) is 0 Å². The monoisotopic (exact) mass is 154 g/mol.